The molecule has 0 spiro atoms. The highest BCUT2D eigenvalue weighted by molar-refractivity contribution is 5.88. The van der Waals surface area contributed by atoms with Crippen molar-refractivity contribution in [2.24, 2.45) is 5.41 Å². The summed E-state index contributed by atoms with van der Waals surface area (Å²) in [6, 6.07) is 16.9. The minimum absolute atomic E-state index is 0.276. The van der Waals surface area contributed by atoms with Crippen LogP contribution in [0.15, 0.2) is 48.5 Å². The summed E-state index contributed by atoms with van der Waals surface area (Å²) in [5.41, 5.74) is 7.81. The van der Waals surface area contributed by atoms with Crippen molar-refractivity contribution in [3.63, 3.8) is 0 Å². The number of piperidine rings is 1. The molecular weight excluding hydrogens is 550 g/mol. The van der Waals surface area contributed by atoms with Gasteiger partial charge in [0.2, 0.25) is 0 Å². The molecule has 0 aliphatic carbocycles. The monoisotopic (exact) mass is 601 g/mol. The van der Waals surface area contributed by atoms with Crippen LogP contribution >= 0.6 is 0 Å². The number of benzene rings is 2. The molecule has 1 saturated heterocycles. The smallest absolute Gasteiger partial charge is 0.339 e. The van der Waals surface area contributed by atoms with Crippen LogP contribution in [0.1, 0.15) is 81.6 Å². The Morgan fingerprint density at radius 3 is 2.27 bits per heavy atom. The molecule has 7 heteroatoms. The van der Waals surface area contributed by atoms with E-state index in [1.54, 1.807) is 7.11 Å². The molecule has 0 unspecified atom stereocenters. The summed E-state index contributed by atoms with van der Waals surface area (Å²) in [5, 5.41) is 3.57. The molecule has 4 rings (SSSR count). The van der Waals surface area contributed by atoms with Gasteiger partial charge in [-0.25, -0.2) is 4.79 Å². The summed E-state index contributed by atoms with van der Waals surface area (Å²) in [6.45, 7) is 18.0. The molecule has 1 aliphatic heterocycles. The Kier molecular flexibility index (Phi) is 10.7. The molecule has 44 heavy (non-hydrogen) atoms. The number of nitrogens with one attached hydrogen (secondary N) is 1. The first-order valence-electron chi connectivity index (χ1n) is 15.8. The van der Waals surface area contributed by atoms with E-state index < -0.39 is 17.7 Å². The molecule has 238 valence electrons. The fourth-order valence-corrected chi connectivity index (χ4v) is 6.01. The first-order chi connectivity index (χ1) is 20.8. The highest BCUT2D eigenvalue weighted by Crippen LogP contribution is 2.45. The molecule has 1 atom stereocenters. The molecule has 1 fully saturated rings. The maximum absolute atomic E-state index is 13.3. The van der Waals surface area contributed by atoms with Gasteiger partial charge < -0.3 is 24.4 Å². The number of carbonyl (C=O) groups is 1. The standard InChI is InChI=1S/C37H51N3O4/c1-25-31(29-16-14-27(15-17-29)24-38-21-18-28-12-10-11-13-30(28)42-8)33(40-22-19-37(6,7)20-23-40)32(26(2)39-25)34(35(41)43-9)44-36(3,4)5/h10-17,34,38H,18-24H2,1-9H3/t34-/m0/s1. The van der Waals surface area contributed by atoms with Gasteiger partial charge in [0, 0.05) is 42.1 Å². The van der Waals surface area contributed by atoms with Gasteiger partial charge in [-0.15, -0.1) is 0 Å². The Hall–Kier alpha value is -3.42. The van der Waals surface area contributed by atoms with Crippen LogP contribution in [-0.4, -0.2) is 50.4 Å². The number of para-hydroxylation sites is 1. The van der Waals surface area contributed by atoms with E-state index in [1.807, 2.05) is 45.9 Å². The molecule has 0 saturated carbocycles. The first-order valence-corrected chi connectivity index (χ1v) is 15.8. The predicted molar refractivity (Wildman–Crippen MR) is 178 cm³/mol. The van der Waals surface area contributed by atoms with E-state index in [4.69, 9.17) is 19.2 Å². The van der Waals surface area contributed by atoms with E-state index in [9.17, 15) is 4.79 Å². The lowest BCUT2D eigenvalue weighted by molar-refractivity contribution is -0.164. The summed E-state index contributed by atoms with van der Waals surface area (Å²) >= 11 is 0. The molecule has 3 aromatic rings. The average Bonchev–Trinajstić information content (AvgIpc) is 2.98. The minimum atomic E-state index is -0.886. The van der Waals surface area contributed by atoms with Crippen LogP contribution in [0, 0.1) is 19.3 Å². The third-order valence-electron chi connectivity index (χ3n) is 8.50. The van der Waals surface area contributed by atoms with Crippen molar-refractivity contribution in [3.8, 4) is 16.9 Å². The fraction of sp³-hybridized carbons (Fsp3) is 0.514. The Balaban J connectivity index is 1.67. The van der Waals surface area contributed by atoms with Gasteiger partial charge in [0.25, 0.3) is 0 Å². The number of nitrogens with zero attached hydrogens (tertiary/aromatic N) is 2. The zero-order valence-corrected chi connectivity index (χ0v) is 28.2. The van der Waals surface area contributed by atoms with Gasteiger partial charge in [-0.3, -0.25) is 4.98 Å². The van der Waals surface area contributed by atoms with Crippen LogP contribution in [0.3, 0.4) is 0 Å². The lowest BCUT2D eigenvalue weighted by Gasteiger charge is -2.41. The Bertz CT molecular complexity index is 1420. The summed E-state index contributed by atoms with van der Waals surface area (Å²) in [5.74, 6) is 0.517. The normalized spacial score (nSPS) is 15.6. The van der Waals surface area contributed by atoms with Gasteiger partial charge in [0.1, 0.15) is 5.75 Å². The van der Waals surface area contributed by atoms with Gasteiger partial charge in [-0.2, -0.15) is 0 Å². The molecule has 0 bridgehead atoms. The van der Waals surface area contributed by atoms with Crippen LogP contribution in [-0.2, 0) is 27.2 Å². The quantitative estimate of drug-likeness (QED) is 0.182. The summed E-state index contributed by atoms with van der Waals surface area (Å²) in [7, 11) is 3.14. The number of methoxy groups -OCH3 is 2. The van der Waals surface area contributed by atoms with Crippen LogP contribution in [0.4, 0.5) is 5.69 Å². The van der Waals surface area contributed by atoms with Crippen molar-refractivity contribution in [3.05, 3.63) is 76.6 Å². The molecule has 2 aromatic carbocycles. The SMILES string of the molecule is COC(=O)[C@@H](OC(C)(C)C)c1c(C)nc(C)c(-c2ccc(CNCCc3ccccc3OC)cc2)c1N1CCC(C)(C)CC1. The fourth-order valence-electron chi connectivity index (χ4n) is 6.01. The Labute approximate surface area is 264 Å². The van der Waals surface area contributed by atoms with Crippen molar-refractivity contribution in [1.82, 2.24) is 10.3 Å². The number of pyridine rings is 1. The predicted octanol–water partition coefficient (Wildman–Crippen LogP) is 7.36. The van der Waals surface area contributed by atoms with Gasteiger partial charge in [0.15, 0.2) is 6.10 Å². The molecule has 1 N–H and O–H groups in total. The molecule has 7 nitrogen and oxygen atoms in total. The maximum Gasteiger partial charge on any atom is 0.339 e. The van der Waals surface area contributed by atoms with Crippen molar-refractivity contribution >= 4 is 11.7 Å². The van der Waals surface area contributed by atoms with E-state index in [1.165, 1.54) is 18.2 Å². The van der Waals surface area contributed by atoms with Gasteiger partial charge in [-0.1, -0.05) is 56.3 Å². The average molecular weight is 602 g/mol. The maximum atomic E-state index is 13.3. The highest BCUT2D eigenvalue weighted by Gasteiger charge is 2.37. The van der Waals surface area contributed by atoms with Gasteiger partial charge in [0.05, 0.1) is 25.5 Å². The molecule has 0 radical (unpaired) electrons. The number of anilines is 1. The molecule has 1 aliphatic rings. The third kappa shape index (κ3) is 8.19. The van der Waals surface area contributed by atoms with Crippen molar-refractivity contribution in [2.75, 3.05) is 38.8 Å². The van der Waals surface area contributed by atoms with Crippen LogP contribution < -0.4 is 15.0 Å². The number of esters is 1. The highest BCUT2D eigenvalue weighted by atomic mass is 16.6. The van der Waals surface area contributed by atoms with Crippen molar-refractivity contribution in [1.29, 1.82) is 0 Å². The third-order valence-corrected chi connectivity index (χ3v) is 8.50. The van der Waals surface area contributed by atoms with Crippen molar-refractivity contribution in [2.45, 2.75) is 86.0 Å². The number of rotatable bonds is 11. The number of hydrogen-bond donors (Lipinski definition) is 1. The van der Waals surface area contributed by atoms with E-state index in [-0.39, 0.29) is 5.41 Å². The second-order valence-corrected chi connectivity index (χ2v) is 13.6. The molecule has 0 amide bonds. The number of aryl methyl sites for hydroxylation is 2. The van der Waals surface area contributed by atoms with E-state index in [0.29, 0.717) is 0 Å². The second kappa shape index (κ2) is 14.1. The molecule has 2 heterocycles. The zero-order valence-electron chi connectivity index (χ0n) is 28.2. The van der Waals surface area contributed by atoms with Crippen LogP contribution in [0.5, 0.6) is 5.75 Å². The Morgan fingerprint density at radius 2 is 1.66 bits per heavy atom. The van der Waals surface area contributed by atoms with E-state index in [0.717, 1.165) is 85.0 Å². The second-order valence-electron chi connectivity index (χ2n) is 13.6. The minimum Gasteiger partial charge on any atom is -0.496 e. The van der Waals surface area contributed by atoms with Crippen LogP contribution in [0.25, 0.3) is 11.1 Å². The lowest BCUT2D eigenvalue weighted by Crippen LogP contribution is -2.39. The summed E-state index contributed by atoms with van der Waals surface area (Å²) in [4.78, 5) is 20.7. The van der Waals surface area contributed by atoms with E-state index >= 15 is 0 Å². The number of carbonyl (C=O) groups excluding carboxylic acids is 1. The topological polar surface area (TPSA) is 72.9 Å². The largest absolute Gasteiger partial charge is 0.496 e. The summed E-state index contributed by atoms with van der Waals surface area (Å²) in [6.07, 6.45) is 2.14. The first kappa shape index (κ1) is 33.5. The molecule has 1 aromatic heterocycles. The summed E-state index contributed by atoms with van der Waals surface area (Å²) < 4.78 is 17.2. The molecular formula is C37H51N3O4. The van der Waals surface area contributed by atoms with E-state index in [2.05, 4.69) is 61.3 Å². The van der Waals surface area contributed by atoms with Gasteiger partial charge >= 0.3 is 5.97 Å². The Morgan fingerprint density at radius 1 is 1.00 bits per heavy atom. The van der Waals surface area contributed by atoms with Crippen molar-refractivity contribution < 1.29 is 19.0 Å². The van der Waals surface area contributed by atoms with Gasteiger partial charge in [-0.05, 0) is 88.6 Å². The van der Waals surface area contributed by atoms with Crippen LogP contribution in [0.2, 0.25) is 0 Å². The zero-order chi connectivity index (χ0) is 32.1. The number of hydrogen-bond acceptors (Lipinski definition) is 7. The number of ether oxygens (including phenoxy) is 3. The number of aromatic nitrogens is 1. The lowest BCUT2D eigenvalue weighted by atomic mass is 9.81.